The van der Waals surface area contributed by atoms with E-state index in [4.69, 9.17) is 18.7 Å². The first-order valence-electron chi connectivity index (χ1n) is 10.1. The average molecular weight is 426 g/mol. The van der Waals surface area contributed by atoms with Crippen LogP contribution in [0.5, 0.6) is 5.75 Å². The zero-order chi connectivity index (χ0) is 20.9. The highest BCUT2D eigenvalue weighted by Gasteiger charge is 2.37. The minimum atomic E-state index is -4.09. The molecule has 0 saturated heterocycles. The Labute approximate surface area is 169 Å². The van der Waals surface area contributed by atoms with Crippen molar-refractivity contribution in [2.75, 3.05) is 0 Å². The van der Waals surface area contributed by atoms with Crippen LogP contribution >= 0.6 is 7.82 Å². The highest BCUT2D eigenvalue weighted by molar-refractivity contribution is 7.49. The highest BCUT2D eigenvalue weighted by atomic mass is 31.2. The maximum Gasteiger partial charge on any atom is 0.530 e. The Kier molecular flexibility index (Phi) is 7.33. The molecule has 0 spiro atoms. The summed E-state index contributed by atoms with van der Waals surface area (Å²) < 4.78 is 30.7. The molecule has 2 N–H and O–H groups in total. The molecule has 2 saturated carbocycles. The lowest BCUT2D eigenvalue weighted by atomic mass is 9.98. The van der Waals surface area contributed by atoms with E-state index in [1.165, 1.54) is 12.1 Å². The molecule has 0 unspecified atom stereocenters. The maximum absolute atomic E-state index is 13.5. The van der Waals surface area contributed by atoms with Gasteiger partial charge in [0.05, 0.1) is 17.8 Å². The number of rotatable bonds is 8. The normalized spacial score (nSPS) is 19.0. The van der Waals surface area contributed by atoms with E-state index in [1.807, 2.05) is 0 Å². The Hall–Kier alpha value is -1.89. The molecule has 2 fully saturated rings. The van der Waals surface area contributed by atoms with Gasteiger partial charge in [0.2, 0.25) is 0 Å². The SMILES string of the molecule is O=C(O)c1ccc(OP(=O)(OC2CCCCC2)OC2CCCCC2)c(C(=O)O)c1. The number of hydrogen-bond donors (Lipinski definition) is 2. The van der Waals surface area contributed by atoms with Gasteiger partial charge in [-0.3, -0.25) is 9.05 Å². The van der Waals surface area contributed by atoms with E-state index >= 15 is 0 Å². The van der Waals surface area contributed by atoms with Crippen LogP contribution in [0.2, 0.25) is 0 Å². The molecule has 1 aromatic rings. The van der Waals surface area contributed by atoms with Crippen LogP contribution in [0, 0.1) is 0 Å². The second kappa shape index (κ2) is 9.74. The Balaban J connectivity index is 1.85. The van der Waals surface area contributed by atoms with Gasteiger partial charge in [-0.1, -0.05) is 38.5 Å². The first-order chi connectivity index (χ1) is 13.9. The maximum atomic E-state index is 13.5. The van der Waals surface area contributed by atoms with E-state index in [1.54, 1.807) is 0 Å². The number of hydrogen-bond acceptors (Lipinski definition) is 6. The summed E-state index contributed by atoms with van der Waals surface area (Å²) in [6, 6.07) is 3.37. The van der Waals surface area contributed by atoms with E-state index in [0.717, 1.165) is 70.3 Å². The molecule has 2 aliphatic carbocycles. The van der Waals surface area contributed by atoms with Crippen LogP contribution in [0.3, 0.4) is 0 Å². The van der Waals surface area contributed by atoms with Crippen molar-refractivity contribution in [2.24, 2.45) is 0 Å². The molecule has 2 aliphatic rings. The Bertz CT molecular complexity index is 757. The Morgan fingerprint density at radius 3 is 1.79 bits per heavy atom. The standard InChI is InChI=1S/C20H27O8P/c21-19(22)14-11-12-18(17(13-14)20(23)24)28-29(25,26-15-7-3-1-4-8-15)27-16-9-5-2-6-10-16/h11-13,15-16H,1-10H2,(H,21,22)(H,23,24). The smallest absolute Gasteiger partial charge is 0.478 e. The average Bonchev–Trinajstić information content (AvgIpc) is 2.69. The summed E-state index contributed by atoms with van der Waals surface area (Å²) >= 11 is 0. The molecule has 0 atom stereocenters. The van der Waals surface area contributed by atoms with Gasteiger partial charge in [0.1, 0.15) is 11.3 Å². The van der Waals surface area contributed by atoms with E-state index in [0.29, 0.717) is 0 Å². The quantitative estimate of drug-likeness (QED) is 0.540. The molecule has 0 aromatic heterocycles. The second-order valence-electron chi connectivity index (χ2n) is 7.59. The van der Waals surface area contributed by atoms with Crippen molar-refractivity contribution in [1.82, 2.24) is 0 Å². The summed E-state index contributed by atoms with van der Waals surface area (Å²) in [7, 11) is -4.09. The molecule has 0 amide bonds. The molecule has 8 nitrogen and oxygen atoms in total. The Morgan fingerprint density at radius 2 is 1.34 bits per heavy atom. The van der Waals surface area contributed by atoms with E-state index < -0.39 is 25.3 Å². The predicted molar refractivity (Wildman–Crippen MR) is 105 cm³/mol. The van der Waals surface area contributed by atoms with Gasteiger partial charge in [-0.2, -0.15) is 0 Å². The van der Waals surface area contributed by atoms with Gasteiger partial charge in [-0.25, -0.2) is 14.2 Å². The van der Waals surface area contributed by atoms with Gasteiger partial charge in [-0.05, 0) is 43.9 Å². The topological polar surface area (TPSA) is 119 Å². The number of aromatic carboxylic acids is 2. The number of carbonyl (C=O) groups is 2. The summed E-state index contributed by atoms with van der Waals surface area (Å²) in [5.41, 5.74) is -0.601. The minimum Gasteiger partial charge on any atom is -0.478 e. The van der Waals surface area contributed by atoms with Crippen LogP contribution in [-0.4, -0.2) is 34.4 Å². The third-order valence-corrected chi connectivity index (χ3v) is 6.86. The second-order valence-corrected chi connectivity index (χ2v) is 9.09. The van der Waals surface area contributed by atoms with Gasteiger partial charge in [0, 0.05) is 0 Å². The zero-order valence-electron chi connectivity index (χ0n) is 16.2. The molecule has 0 heterocycles. The first kappa shape index (κ1) is 21.8. The highest BCUT2D eigenvalue weighted by Crippen LogP contribution is 2.54. The largest absolute Gasteiger partial charge is 0.530 e. The Morgan fingerprint density at radius 1 is 0.828 bits per heavy atom. The van der Waals surface area contributed by atoms with Gasteiger partial charge in [0.15, 0.2) is 0 Å². The summed E-state index contributed by atoms with van der Waals surface area (Å²) in [6.45, 7) is 0. The minimum absolute atomic E-state index is 0.203. The predicted octanol–water partition coefficient (Wildman–Crippen LogP) is 5.27. The van der Waals surface area contributed by atoms with E-state index in [-0.39, 0.29) is 23.5 Å². The fourth-order valence-electron chi connectivity index (χ4n) is 3.80. The lowest BCUT2D eigenvalue weighted by Crippen LogP contribution is -2.22. The summed E-state index contributed by atoms with van der Waals surface area (Å²) in [6.07, 6.45) is 8.44. The zero-order valence-corrected chi connectivity index (χ0v) is 17.1. The van der Waals surface area contributed by atoms with Gasteiger partial charge < -0.3 is 14.7 Å². The molecular weight excluding hydrogens is 399 g/mol. The van der Waals surface area contributed by atoms with Crippen LogP contribution in [0.25, 0.3) is 0 Å². The molecule has 3 rings (SSSR count). The number of phosphoric acid groups is 1. The van der Waals surface area contributed by atoms with Crippen LogP contribution in [0.1, 0.15) is 84.9 Å². The lowest BCUT2D eigenvalue weighted by molar-refractivity contribution is 0.0510. The van der Waals surface area contributed by atoms with Crippen LogP contribution in [-0.2, 0) is 13.6 Å². The van der Waals surface area contributed by atoms with Crippen LogP contribution in [0.15, 0.2) is 18.2 Å². The molecule has 9 heteroatoms. The number of carboxylic acid groups (broad SMARTS) is 2. The number of carboxylic acids is 2. The summed E-state index contributed by atoms with van der Waals surface area (Å²) in [5.74, 6) is -2.87. The van der Waals surface area contributed by atoms with Crippen LogP contribution < -0.4 is 4.52 Å². The van der Waals surface area contributed by atoms with Crippen molar-refractivity contribution in [2.45, 2.75) is 76.4 Å². The first-order valence-corrected chi connectivity index (χ1v) is 11.6. The third kappa shape index (κ3) is 6.04. The van der Waals surface area contributed by atoms with Gasteiger partial charge >= 0.3 is 19.8 Å². The molecule has 1 aromatic carbocycles. The summed E-state index contributed by atoms with van der Waals surface area (Å²) in [5, 5.41) is 18.6. The van der Waals surface area contributed by atoms with Crippen molar-refractivity contribution in [3.8, 4) is 5.75 Å². The molecule has 29 heavy (non-hydrogen) atoms. The monoisotopic (exact) mass is 426 g/mol. The number of phosphoric ester groups is 1. The van der Waals surface area contributed by atoms with Crippen molar-refractivity contribution in [1.29, 1.82) is 0 Å². The van der Waals surface area contributed by atoms with Crippen LogP contribution in [0.4, 0.5) is 0 Å². The molecule has 0 radical (unpaired) electrons. The van der Waals surface area contributed by atoms with Crippen molar-refractivity contribution in [3.05, 3.63) is 29.3 Å². The van der Waals surface area contributed by atoms with E-state index in [9.17, 15) is 19.3 Å². The number of benzene rings is 1. The third-order valence-electron chi connectivity index (χ3n) is 5.33. The fourth-order valence-corrected chi connectivity index (χ4v) is 5.49. The fraction of sp³-hybridized carbons (Fsp3) is 0.600. The molecular formula is C20H27O8P. The van der Waals surface area contributed by atoms with Crippen molar-refractivity contribution in [3.63, 3.8) is 0 Å². The van der Waals surface area contributed by atoms with Gasteiger partial charge in [0.25, 0.3) is 0 Å². The summed E-state index contributed by atoms with van der Waals surface area (Å²) in [4.78, 5) is 22.8. The van der Waals surface area contributed by atoms with Crippen molar-refractivity contribution >= 4 is 19.8 Å². The van der Waals surface area contributed by atoms with Crippen molar-refractivity contribution < 1.29 is 37.9 Å². The molecule has 0 bridgehead atoms. The van der Waals surface area contributed by atoms with E-state index in [2.05, 4.69) is 0 Å². The molecule has 160 valence electrons. The van der Waals surface area contributed by atoms with Gasteiger partial charge in [-0.15, -0.1) is 0 Å². The molecule has 0 aliphatic heterocycles. The lowest BCUT2D eigenvalue weighted by Gasteiger charge is -2.30.